The van der Waals surface area contributed by atoms with Gasteiger partial charge in [-0.15, -0.1) is 0 Å². The van der Waals surface area contributed by atoms with Gasteiger partial charge in [-0.05, 0) is 0 Å². The van der Waals surface area contributed by atoms with E-state index in [-0.39, 0.29) is 5.97 Å². The molecule has 0 saturated carbocycles. The zero-order valence-corrected chi connectivity index (χ0v) is 15.4. The van der Waals surface area contributed by atoms with E-state index in [1.165, 1.54) is 6.92 Å². The van der Waals surface area contributed by atoms with Crippen molar-refractivity contribution in [2.45, 2.75) is 6.92 Å². The van der Waals surface area contributed by atoms with Gasteiger partial charge in [0, 0.05) is 6.92 Å². The third-order valence-corrected chi connectivity index (χ3v) is 6.35. The van der Waals surface area contributed by atoms with Gasteiger partial charge in [-0.3, -0.25) is 4.79 Å². The number of hydrogen-bond acceptors (Lipinski definition) is 6. The Morgan fingerprint density at radius 2 is 1.62 bits per heavy atom. The van der Waals surface area contributed by atoms with Crippen molar-refractivity contribution >= 4 is 56.5 Å². The van der Waals surface area contributed by atoms with Crippen LogP contribution in [0.25, 0.3) is 0 Å². The van der Waals surface area contributed by atoms with Crippen LogP contribution in [0.3, 0.4) is 0 Å². The Balaban J connectivity index is 2.87. The van der Waals surface area contributed by atoms with E-state index >= 15 is 0 Å². The van der Waals surface area contributed by atoms with E-state index in [0.717, 1.165) is 10.5 Å². The molecule has 78 valence electrons. The van der Waals surface area contributed by atoms with Crippen molar-refractivity contribution in [2.75, 3.05) is 0 Å². The molecule has 0 saturated heterocycles. The summed E-state index contributed by atoms with van der Waals surface area (Å²) in [7, 11) is -2.96. The summed E-state index contributed by atoms with van der Waals surface area (Å²) in [4.78, 5) is 10.3. The lowest BCUT2D eigenvalue weighted by atomic mass is 10.9. The quantitative estimate of drug-likeness (QED) is 0.326. The predicted octanol–water partition coefficient (Wildman–Crippen LogP) is -5.11. The Morgan fingerprint density at radius 1 is 1.08 bits per heavy atom. The van der Waals surface area contributed by atoms with Gasteiger partial charge in [0.2, 0.25) is 0 Å². The molecule has 13 heavy (non-hydrogen) atoms. The van der Waals surface area contributed by atoms with E-state index in [0.29, 0.717) is 0 Å². The molecule has 0 aromatic rings. The fourth-order valence-electron chi connectivity index (χ4n) is 0.428. The molecule has 0 fully saturated rings. The highest BCUT2D eigenvalue weighted by atomic mass is 28.4. The summed E-state index contributed by atoms with van der Waals surface area (Å²) >= 11 is 0. The number of carbonyl (C=O) groups excluding carboxylic acids is 1. The summed E-state index contributed by atoms with van der Waals surface area (Å²) in [5.74, 6) is -0.286. The van der Waals surface area contributed by atoms with Crippen LogP contribution in [-0.4, -0.2) is 56.5 Å². The Kier molecular flexibility index (Phi) is 10.8. The summed E-state index contributed by atoms with van der Waals surface area (Å²) in [5.41, 5.74) is 0. The van der Waals surface area contributed by atoms with Crippen molar-refractivity contribution in [3.8, 4) is 0 Å². The second-order valence-corrected chi connectivity index (χ2v) is 10.4. The summed E-state index contributed by atoms with van der Waals surface area (Å²) in [6.07, 6.45) is 0. The highest BCUT2D eigenvalue weighted by Crippen LogP contribution is 1.76. The summed E-state index contributed by atoms with van der Waals surface area (Å²) in [6.45, 7) is 1.37. The Morgan fingerprint density at radius 3 is 2.15 bits per heavy atom. The smallest absolute Gasteiger partial charge is 0.360 e. The van der Waals surface area contributed by atoms with E-state index in [2.05, 4.69) is 4.43 Å². The van der Waals surface area contributed by atoms with Crippen LogP contribution in [0.4, 0.5) is 0 Å². The molecular formula is C2H14O6Si5. The van der Waals surface area contributed by atoms with Crippen LogP contribution in [0.15, 0.2) is 0 Å². The molecule has 0 aromatic heterocycles. The van der Waals surface area contributed by atoms with Gasteiger partial charge in [-0.2, -0.15) is 0 Å². The fourth-order valence-corrected chi connectivity index (χ4v) is 6.97. The molecule has 0 aromatic carbocycles. The monoisotopic (exact) mass is 274 g/mol. The highest BCUT2D eigenvalue weighted by molar-refractivity contribution is 6.45. The Hall–Kier alpha value is 0.394. The van der Waals surface area contributed by atoms with Gasteiger partial charge in [-0.25, -0.2) is 0 Å². The van der Waals surface area contributed by atoms with Gasteiger partial charge in [0.25, 0.3) is 36.0 Å². The lowest BCUT2D eigenvalue weighted by molar-refractivity contribution is -0.132. The molecule has 0 atom stereocenters. The molecule has 0 amide bonds. The average Bonchev–Trinajstić information content (AvgIpc) is 2.09. The first-order chi connectivity index (χ1) is 6.27. The maximum Gasteiger partial charge on any atom is 0.360 e. The third-order valence-electron chi connectivity index (χ3n) is 0.880. The van der Waals surface area contributed by atoms with Crippen molar-refractivity contribution in [2.24, 2.45) is 0 Å². The third kappa shape index (κ3) is 12.4. The first-order valence-electron chi connectivity index (χ1n) is 3.63. The van der Waals surface area contributed by atoms with Crippen LogP contribution in [0.1, 0.15) is 6.92 Å². The molecule has 0 spiro atoms. The van der Waals surface area contributed by atoms with Crippen molar-refractivity contribution in [1.82, 2.24) is 0 Å². The molecule has 0 heterocycles. The van der Waals surface area contributed by atoms with Gasteiger partial charge in [0.15, 0.2) is 0 Å². The summed E-state index contributed by atoms with van der Waals surface area (Å²) < 4.78 is 25.0. The standard InChI is InChI=1S/C2H14O6Si5/c1-2(3)4-10-6-12-8-13-7-11-5-9/h10-13H2,1,9H3. The molecule has 0 rings (SSSR count). The largest absolute Gasteiger partial charge is 0.500 e. The van der Waals surface area contributed by atoms with Crippen LogP contribution >= 0.6 is 0 Å². The Labute approximate surface area is 89.4 Å². The first kappa shape index (κ1) is 13.4. The van der Waals surface area contributed by atoms with Crippen molar-refractivity contribution in [3.63, 3.8) is 0 Å². The van der Waals surface area contributed by atoms with Gasteiger partial charge < -0.3 is 20.9 Å². The number of hydrogen-bond donors (Lipinski definition) is 0. The second-order valence-electron chi connectivity index (χ2n) is 2.01. The van der Waals surface area contributed by atoms with Crippen LogP contribution in [0.5, 0.6) is 0 Å². The van der Waals surface area contributed by atoms with Crippen molar-refractivity contribution in [1.29, 1.82) is 0 Å². The van der Waals surface area contributed by atoms with E-state index in [1.807, 2.05) is 0 Å². The van der Waals surface area contributed by atoms with E-state index < -0.39 is 40.0 Å². The first-order valence-corrected chi connectivity index (χ1v) is 9.06. The SMILES string of the molecule is CC(=O)O[SiH2]O[SiH2]O[SiH2]O[SiH2]O[SiH3]. The molecule has 6 nitrogen and oxygen atoms in total. The predicted molar refractivity (Wildman–Crippen MR) is 60.2 cm³/mol. The Bertz CT molecular complexity index is 132. The van der Waals surface area contributed by atoms with E-state index in [1.54, 1.807) is 0 Å². The average molecular weight is 275 g/mol. The zero-order chi connectivity index (χ0) is 9.94. The number of rotatable bonds is 8. The molecule has 11 heteroatoms. The molecule has 0 radical (unpaired) electrons. The molecular weight excluding hydrogens is 260 g/mol. The van der Waals surface area contributed by atoms with Crippen LogP contribution < -0.4 is 0 Å². The van der Waals surface area contributed by atoms with Gasteiger partial charge in [-0.1, -0.05) is 0 Å². The van der Waals surface area contributed by atoms with Crippen LogP contribution in [-0.2, 0) is 25.7 Å². The number of carbonyl (C=O) groups is 1. The normalized spacial score (nSPS) is 13.9. The molecule has 0 aliphatic carbocycles. The van der Waals surface area contributed by atoms with Crippen LogP contribution in [0, 0.1) is 0 Å². The maximum absolute atomic E-state index is 10.3. The topological polar surface area (TPSA) is 63.2 Å². The van der Waals surface area contributed by atoms with Gasteiger partial charge in [0.1, 0.15) is 10.5 Å². The minimum atomic E-state index is -1.13. The molecule has 0 bridgehead atoms. The maximum atomic E-state index is 10.3. The zero-order valence-electron chi connectivity index (χ0n) is 7.78. The van der Waals surface area contributed by atoms with Gasteiger partial charge in [0.05, 0.1) is 0 Å². The molecule has 0 N–H and O–H groups in total. The minimum Gasteiger partial charge on any atom is -0.500 e. The molecule has 0 unspecified atom stereocenters. The second kappa shape index (κ2) is 10.5. The van der Waals surface area contributed by atoms with E-state index in [4.69, 9.17) is 16.5 Å². The van der Waals surface area contributed by atoms with Crippen molar-refractivity contribution in [3.05, 3.63) is 0 Å². The molecule has 0 aliphatic rings. The lowest BCUT2D eigenvalue weighted by Crippen LogP contribution is -2.18. The minimum absolute atomic E-state index is 0.286. The summed E-state index contributed by atoms with van der Waals surface area (Å²) in [5, 5.41) is 0. The van der Waals surface area contributed by atoms with Crippen LogP contribution in [0.2, 0.25) is 0 Å². The van der Waals surface area contributed by atoms with Crippen molar-refractivity contribution < 1.29 is 25.7 Å². The molecule has 0 aliphatic heterocycles. The highest BCUT2D eigenvalue weighted by Gasteiger charge is 1.94. The lowest BCUT2D eigenvalue weighted by Gasteiger charge is -2.05. The fraction of sp³-hybridized carbons (Fsp3) is 0.500. The summed E-state index contributed by atoms with van der Waals surface area (Å²) in [6, 6.07) is 0. The van der Waals surface area contributed by atoms with Gasteiger partial charge >= 0.3 is 10.0 Å². The van der Waals surface area contributed by atoms with E-state index in [9.17, 15) is 4.79 Å².